The summed E-state index contributed by atoms with van der Waals surface area (Å²) in [7, 11) is -2.21. The third-order valence-electron chi connectivity index (χ3n) is 1.89. The van der Waals surface area contributed by atoms with E-state index in [-0.39, 0.29) is 5.19 Å². The van der Waals surface area contributed by atoms with Crippen molar-refractivity contribution in [2.45, 2.75) is 19.6 Å². The van der Waals surface area contributed by atoms with Crippen LogP contribution in [0.2, 0.25) is 19.6 Å². The van der Waals surface area contributed by atoms with Gasteiger partial charge < -0.3 is 5.11 Å². The number of halogens is 3. The van der Waals surface area contributed by atoms with Gasteiger partial charge in [0, 0.05) is 11.3 Å². The quantitative estimate of drug-likeness (QED) is 0.569. The molecule has 0 amide bonds. The summed E-state index contributed by atoms with van der Waals surface area (Å²) in [6.45, 7) is 5.22. The molecular weight excluding hydrogens is 209 g/mol. The second kappa shape index (κ2) is 3.31. The molecule has 0 spiro atoms. The van der Waals surface area contributed by atoms with Crippen LogP contribution in [0.15, 0.2) is 6.07 Å². The first-order valence-electron chi connectivity index (χ1n) is 4.12. The van der Waals surface area contributed by atoms with Gasteiger partial charge in [-0.2, -0.15) is 0 Å². The van der Waals surface area contributed by atoms with Crippen molar-refractivity contribution in [3.8, 4) is 5.75 Å². The van der Waals surface area contributed by atoms with Crippen molar-refractivity contribution in [3.05, 3.63) is 23.5 Å². The van der Waals surface area contributed by atoms with Gasteiger partial charge in [0.2, 0.25) is 0 Å². The highest BCUT2D eigenvalue weighted by molar-refractivity contribution is 6.89. The van der Waals surface area contributed by atoms with Crippen LogP contribution in [0, 0.1) is 17.5 Å². The number of hydrogen-bond acceptors (Lipinski definition) is 1. The number of phenolic OH excluding ortho intramolecular Hbond substituents is 1. The van der Waals surface area contributed by atoms with Crippen LogP contribution in [0.5, 0.6) is 5.75 Å². The van der Waals surface area contributed by atoms with Crippen LogP contribution in [-0.2, 0) is 0 Å². The average molecular weight is 220 g/mol. The van der Waals surface area contributed by atoms with Gasteiger partial charge in [0.15, 0.2) is 17.5 Å². The second-order valence-corrected chi connectivity index (χ2v) is 9.13. The van der Waals surface area contributed by atoms with Crippen LogP contribution >= 0.6 is 0 Å². The SMILES string of the molecule is C[Si](C)(C)c1c(O)cc(F)c(F)c1F. The zero-order chi connectivity index (χ0) is 11.1. The molecule has 1 aromatic carbocycles. The molecule has 0 fully saturated rings. The second-order valence-electron chi connectivity index (χ2n) is 4.13. The van der Waals surface area contributed by atoms with Gasteiger partial charge in [0.05, 0.1) is 8.07 Å². The number of aromatic hydroxyl groups is 1. The van der Waals surface area contributed by atoms with Gasteiger partial charge in [-0.15, -0.1) is 0 Å². The normalized spacial score (nSPS) is 11.9. The molecule has 0 aliphatic carbocycles. The summed E-state index contributed by atoms with van der Waals surface area (Å²) < 4.78 is 38.8. The Bertz CT molecular complexity index is 371. The minimum absolute atomic E-state index is 0.0728. The molecule has 0 radical (unpaired) electrons. The minimum Gasteiger partial charge on any atom is -0.508 e. The Morgan fingerprint density at radius 2 is 1.57 bits per heavy atom. The van der Waals surface area contributed by atoms with E-state index in [9.17, 15) is 18.3 Å². The van der Waals surface area contributed by atoms with E-state index < -0.39 is 31.3 Å². The molecule has 1 nitrogen and oxygen atoms in total. The van der Waals surface area contributed by atoms with Crippen molar-refractivity contribution in [1.29, 1.82) is 0 Å². The van der Waals surface area contributed by atoms with E-state index in [4.69, 9.17) is 0 Å². The highest BCUT2D eigenvalue weighted by Gasteiger charge is 2.28. The van der Waals surface area contributed by atoms with Crippen LogP contribution in [-0.4, -0.2) is 13.2 Å². The maximum atomic E-state index is 13.3. The smallest absolute Gasteiger partial charge is 0.194 e. The fourth-order valence-corrected chi connectivity index (χ4v) is 2.90. The molecule has 0 saturated carbocycles. The Hall–Kier alpha value is -0.973. The van der Waals surface area contributed by atoms with Gasteiger partial charge >= 0.3 is 0 Å². The van der Waals surface area contributed by atoms with Gasteiger partial charge in [-0.05, 0) is 0 Å². The molecule has 0 aromatic heterocycles. The Kier molecular flexibility index (Phi) is 2.62. The van der Waals surface area contributed by atoms with E-state index >= 15 is 0 Å². The molecule has 0 atom stereocenters. The van der Waals surface area contributed by atoms with Crippen molar-refractivity contribution in [3.63, 3.8) is 0 Å². The lowest BCUT2D eigenvalue weighted by atomic mass is 10.3. The molecule has 1 rings (SSSR count). The van der Waals surface area contributed by atoms with Crippen molar-refractivity contribution in [2.24, 2.45) is 0 Å². The molecular formula is C9H11F3OSi. The van der Waals surface area contributed by atoms with E-state index in [2.05, 4.69) is 0 Å². The molecule has 0 aliphatic rings. The average Bonchev–Trinajstić information content (AvgIpc) is 1.97. The Balaban J connectivity index is 3.53. The van der Waals surface area contributed by atoms with Crippen LogP contribution in [0.25, 0.3) is 0 Å². The van der Waals surface area contributed by atoms with Gasteiger partial charge in [-0.3, -0.25) is 0 Å². The maximum Gasteiger partial charge on any atom is 0.194 e. The summed E-state index contributed by atoms with van der Waals surface area (Å²) in [5, 5.41) is 9.25. The van der Waals surface area contributed by atoms with E-state index in [0.717, 1.165) is 0 Å². The van der Waals surface area contributed by atoms with Gasteiger partial charge in [-0.1, -0.05) is 19.6 Å². The van der Waals surface area contributed by atoms with E-state index in [1.807, 2.05) is 0 Å². The Morgan fingerprint density at radius 1 is 1.07 bits per heavy atom. The lowest BCUT2D eigenvalue weighted by molar-refractivity contribution is 0.425. The summed E-state index contributed by atoms with van der Waals surface area (Å²) in [6.07, 6.45) is 0. The summed E-state index contributed by atoms with van der Waals surface area (Å²) in [6, 6.07) is 0.617. The van der Waals surface area contributed by atoms with E-state index in [0.29, 0.717) is 6.07 Å². The molecule has 0 aliphatic heterocycles. The van der Waals surface area contributed by atoms with Crippen molar-refractivity contribution in [2.75, 3.05) is 0 Å². The summed E-state index contributed by atoms with van der Waals surface area (Å²) in [5.41, 5.74) is 0. The third-order valence-corrected chi connectivity index (χ3v) is 3.87. The monoisotopic (exact) mass is 220 g/mol. The highest BCUT2D eigenvalue weighted by Crippen LogP contribution is 2.20. The summed E-state index contributed by atoms with van der Waals surface area (Å²) in [5.74, 6) is -4.63. The van der Waals surface area contributed by atoms with Crippen LogP contribution in [0.1, 0.15) is 0 Å². The third kappa shape index (κ3) is 1.77. The molecule has 0 heterocycles. The molecule has 1 N–H and O–H groups in total. The predicted molar refractivity (Wildman–Crippen MR) is 51.0 cm³/mol. The van der Waals surface area contributed by atoms with Gasteiger partial charge in [0.25, 0.3) is 0 Å². The number of hydrogen-bond donors (Lipinski definition) is 1. The van der Waals surface area contributed by atoms with Crippen LogP contribution in [0.3, 0.4) is 0 Å². The van der Waals surface area contributed by atoms with Crippen molar-refractivity contribution in [1.82, 2.24) is 0 Å². The lowest BCUT2D eigenvalue weighted by Crippen LogP contribution is -2.41. The Morgan fingerprint density at radius 3 is 2.00 bits per heavy atom. The fourth-order valence-electron chi connectivity index (χ4n) is 1.30. The summed E-state index contributed by atoms with van der Waals surface area (Å²) >= 11 is 0. The van der Waals surface area contributed by atoms with Crippen molar-refractivity contribution >= 4 is 13.3 Å². The standard InChI is InChI=1S/C9H11F3OSi/c1-14(2,3)9-6(13)4-5(10)7(11)8(9)12/h4,13H,1-3H3. The van der Waals surface area contributed by atoms with Crippen molar-refractivity contribution < 1.29 is 18.3 Å². The topological polar surface area (TPSA) is 20.2 Å². The molecule has 0 bridgehead atoms. The van der Waals surface area contributed by atoms with E-state index in [1.165, 1.54) is 0 Å². The predicted octanol–water partition coefficient (Wildman–Crippen LogP) is 2.35. The van der Waals surface area contributed by atoms with Gasteiger partial charge in [0.1, 0.15) is 5.75 Å². The first-order valence-corrected chi connectivity index (χ1v) is 7.62. The number of phenols is 1. The lowest BCUT2D eigenvalue weighted by Gasteiger charge is -2.19. The van der Waals surface area contributed by atoms with E-state index in [1.54, 1.807) is 19.6 Å². The molecule has 0 saturated heterocycles. The number of rotatable bonds is 1. The molecule has 0 unspecified atom stereocenters. The van der Waals surface area contributed by atoms with Crippen LogP contribution < -0.4 is 5.19 Å². The largest absolute Gasteiger partial charge is 0.508 e. The molecule has 78 valence electrons. The minimum atomic E-state index is -2.21. The molecule has 1 aromatic rings. The molecule has 14 heavy (non-hydrogen) atoms. The zero-order valence-corrected chi connectivity index (χ0v) is 9.16. The first-order chi connectivity index (χ1) is 6.25. The highest BCUT2D eigenvalue weighted by atomic mass is 28.3. The summed E-state index contributed by atoms with van der Waals surface area (Å²) in [4.78, 5) is 0. The maximum absolute atomic E-state index is 13.3. The van der Waals surface area contributed by atoms with Gasteiger partial charge in [-0.25, -0.2) is 13.2 Å². The number of benzene rings is 1. The fraction of sp³-hybridized carbons (Fsp3) is 0.333. The first kappa shape index (κ1) is 11.1. The Labute approximate surface area is 81.2 Å². The zero-order valence-electron chi connectivity index (χ0n) is 8.16. The van der Waals surface area contributed by atoms with Crippen LogP contribution in [0.4, 0.5) is 13.2 Å². The molecule has 5 heteroatoms.